The molecule has 3 saturated carbocycles. The lowest BCUT2D eigenvalue weighted by atomic mass is 9.47. The van der Waals surface area contributed by atoms with E-state index in [-0.39, 0.29) is 23.1 Å². The molecule has 25 heavy (non-hydrogen) atoms. The van der Waals surface area contributed by atoms with Gasteiger partial charge in [0.2, 0.25) is 0 Å². The molecular formula is C21H30O4. The van der Waals surface area contributed by atoms with Crippen LogP contribution in [0.25, 0.3) is 0 Å². The number of carbonyl (C=O) groups excluding carboxylic acids is 2. The van der Waals surface area contributed by atoms with Gasteiger partial charge in [0.25, 0.3) is 0 Å². The van der Waals surface area contributed by atoms with Crippen LogP contribution in [0.4, 0.5) is 0 Å². The quantitative estimate of drug-likeness (QED) is 0.739. The molecule has 0 aromatic carbocycles. The van der Waals surface area contributed by atoms with Gasteiger partial charge in [0.1, 0.15) is 12.2 Å². The monoisotopic (exact) mass is 346 g/mol. The van der Waals surface area contributed by atoms with Crippen molar-refractivity contribution in [2.75, 3.05) is 0 Å². The number of ether oxygens (including phenoxy) is 1. The Kier molecular flexibility index (Phi) is 3.91. The number of hydrogen-bond donors (Lipinski definition) is 1. The normalized spacial score (nSPS) is 48.9. The second-order valence-electron chi connectivity index (χ2n) is 9.37. The Hall–Kier alpha value is -1.16. The Balaban J connectivity index is 1.70. The summed E-state index contributed by atoms with van der Waals surface area (Å²) in [7, 11) is 0. The topological polar surface area (TPSA) is 63.6 Å². The van der Waals surface area contributed by atoms with Crippen molar-refractivity contribution < 1.29 is 19.4 Å². The van der Waals surface area contributed by atoms with Crippen LogP contribution in [0.2, 0.25) is 0 Å². The second-order valence-corrected chi connectivity index (χ2v) is 9.37. The Morgan fingerprint density at radius 2 is 1.92 bits per heavy atom. The van der Waals surface area contributed by atoms with E-state index < -0.39 is 12.2 Å². The van der Waals surface area contributed by atoms with E-state index in [4.69, 9.17) is 4.74 Å². The molecule has 7 atom stereocenters. The third kappa shape index (κ3) is 2.43. The average molecular weight is 346 g/mol. The summed E-state index contributed by atoms with van der Waals surface area (Å²) in [5.41, 5.74) is 1.00. The van der Waals surface area contributed by atoms with Gasteiger partial charge in [0.05, 0.1) is 0 Å². The first-order valence-corrected chi connectivity index (χ1v) is 9.87. The van der Waals surface area contributed by atoms with Crippen molar-refractivity contribution in [1.82, 2.24) is 0 Å². The molecule has 4 rings (SSSR count). The molecule has 0 radical (unpaired) electrons. The largest absolute Gasteiger partial charge is 0.459 e. The van der Waals surface area contributed by atoms with E-state index in [1.54, 1.807) is 6.08 Å². The Labute approximate surface area is 150 Å². The number of rotatable bonds is 1. The van der Waals surface area contributed by atoms with Crippen LogP contribution in [0.5, 0.6) is 0 Å². The van der Waals surface area contributed by atoms with Crippen molar-refractivity contribution in [2.45, 2.75) is 77.9 Å². The summed E-state index contributed by atoms with van der Waals surface area (Å²) in [4.78, 5) is 24.4. The third-order valence-electron chi connectivity index (χ3n) is 8.09. The number of hydrogen-bond acceptors (Lipinski definition) is 4. The maximum Gasteiger partial charge on any atom is 0.303 e. The summed E-state index contributed by atoms with van der Waals surface area (Å²) in [6.07, 6.45) is 7.85. The number of aliphatic hydroxyl groups excluding tert-OH is 1. The van der Waals surface area contributed by atoms with Crippen molar-refractivity contribution in [2.24, 2.45) is 28.6 Å². The maximum absolute atomic E-state index is 13.1. The molecule has 0 aromatic heterocycles. The first-order chi connectivity index (χ1) is 11.8. The predicted molar refractivity (Wildman–Crippen MR) is 93.7 cm³/mol. The number of aliphatic hydroxyl groups is 1. The van der Waals surface area contributed by atoms with E-state index in [1.165, 1.54) is 32.6 Å². The minimum atomic E-state index is -0.843. The van der Waals surface area contributed by atoms with E-state index in [1.807, 2.05) is 0 Å². The van der Waals surface area contributed by atoms with E-state index in [0.29, 0.717) is 23.7 Å². The van der Waals surface area contributed by atoms with Crippen molar-refractivity contribution in [3.8, 4) is 0 Å². The van der Waals surface area contributed by atoms with Gasteiger partial charge in [-0.3, -0.25) is 9.59 Å². The molecule has 4 nitrogen and oxygen atoms in total. The fourth-order valence-corrected chi connectivity index (χ4v) is 6.76. The highest BCUT2D eigenvalue weighted by Gasteiger charge is 2.60. The van der Waals surface area contributed by atoms with Gasteiger partial charge in [-0.25, -0.2) is 0 Å². The Morgan fingerprint density at radius 3 is 2.64 bits per heavy atom. The van der Waals surface area contributed by atoms with Crippen LogP contribution >= 0.6 is 0 Å². The highest BCUT2D eigenvalue weighted by molar-refractivity contribution is 5.94. The van der Waals surface area contributed by atoms with Crippen LogP contribution in [0.1, 0.15) is 65.7 Å². The Morgan fingerprint density at radius 1 is 1.16 bits per heavy atom. The SMILES string of the molecule is CC(=O)O[C@@H]1CC[C@@]2(C)C(=CC(=O)[C@H]3[C@@H]4CCC[C@@]4(C)CC[C@@H]32)[C@@H]1O. The lowest BCUT2D eigenvalue weighted by Crippen LogP contribution is -2.56. The molecular weight excluding hydrogens is 316 g/mol. The zero-order valence-corrected chi connectivity index (χ0v) is 15.6. The highest BCUT2D eigenvalue weighted by atomic mass is 16.6. The number of ketones is 1. The molecule has 0 spiro atoms. The number of esters is 1. The molecule has 0 aromatic rings. The van der Waals surface area contributed by atoms with E-state index in [0.717, 1.165) is 18.4 Å². The standard InChI is InChI=1S/C21H30O4/c1-12(22)25-17-7-10-21(3)14-6-9-20(2)8-4-5-13(20)18(14)16(23)11-15(21)19(17)24/h11,13-14,17-19,24H,4-10H2,1-3H3/t13-,14-,17+,18-,19-,20-,21+/m0/s1. The minimum absolute atomic E-state index is 0.118. The molecule has 1 N–H and O–H groups in total. The smallest absolute Gasteiger partial charge is 0.303 e. The third-order valence-corrected chi connectivity index (χ3v) is 8.09. The maximum atomic E-state index is 13.1. The molecule has 3 fully saturated rings. The first-order valence-electron chi connectivity index (χ1n) is 9.87. The van der Waals surface area contributed by atoms with E-state index in [2.05, 4.69) is 13.8 Å². The summed E-state index contributed by atoms with van der Waals surface area (Å²) in [6.45, 7) is 5.98. The van der Waals surface area contributed by atoms with Crippen LogP contribution in [-0.4, -0.2) is 29.1 Å². The van der Waals surface area contributed by atoms with Crippen LogP contribution in [-0.2, 0) is 14.3 Å². The first kappa shape index (κ1) is 17.3. The van der Waals surface area contributed by atoms with Crippen molar-refractivity contribution in [3.63, 3.8) is 0 Å². The lowest BCUT2D eigenvalue weighted by Gasteiger charge is -2.57. The fraction of sp³-hybridized carbons (Fsp3) is 0.810. The van der Waals surface area contributed by atoms with Gasteiger partial charge < -0.3 is 9.84 Å². The summed E-state index contributed by atoms with van der Waals surface area (Å²) < 4.78 is 5.31. The number of carbonyl (C=O) groups is 2. The summed E-state index contributed by atoms with van der Waals surface area (Å²) in [5.74, 6) is 0.777. The summed E-state index contributed by atoms with van der Waals surface area (Å²) in [5, 5.41) is 10.8. The number of fused-ring (bicyclic) bond motifs is 5. The van der Waals surface area contributed by atoms with Gasteiger partial charge >= 0.3 is 5.97 Å². The molecule has 4 aliphatic rings. The molecule has 0 bridgehead atoms. The molecule has 0 heterocycles. The van der Waals surface area contributed by atoms with Gasteiger partial charge in [-0.05, 0) is 72.8 Å². The van der Waals surface area contributed by atoms with Crippen LogP contribution < -0.4 is 0 Å². The van der Waals surface area contributed by atoms with E-state index in [9.17, 15) is 14.7 Å². The second kappa shape index (κ2) is 5.67. The van der Waals surface area contributed by atoms with Gasteiger partial charge in [-0.15, -0.1) is 0 Å². The van der Waals surface area contributed by atoms with Gasteiger partial charge in [-0.2, -0.15) is 0 Å². The average Bonchev–Trinajstić information content (AvgIpc) is 2.94. The van der Waals surface area contributed by atoms with Crippen LogP contribution in [0, 0.1) is 28.6 Å². The van der Waals surface area contributed by atoms with Crippen molar-refractivity contribution in [1.29, 1.82) is 0 Å². The molecule has 0 amide bonds. The minimum Gasteiger partial charge on any atom is -0.459 e. The van der Waals surface area contributed by atoms with Crippen molar-refractivity contribution >= 4 is 11.8 Å². The van der Waals surface area contributed by atoms with Gasteiger partial charge in [0.15, 0.2) is 5.78 Å². The molecule has 4 heteroatoms. The van der Waals surface area contributed by atoms with E-state index >= 15 is 0 Å². The number of allylic oxidation sites excluding steroid dienone is 1. The van der Waals surface area contributed by atoms with Crippen LogP contribution in [0.15, 0.2) is 11.6 Å². The summed E-state index contributed by atoms with van der Waals surface area (Å²) in [6, 6.07) is 0. The zero-order chi connectivity index (χ0) is 18.0. The Bertz CT molecular complexity index is 638. The van der Waals surface area contributed by atoms with Crippen molar-refractivity contribution in [3.05, 3.63) is 11.6 Å². The lowest BCUT2D eigenvalue weighted by molar-refractivity contribution is -0.157. The molecule has 0 saturated heterocycles. The summed E-state index contributed by atoms with van der Waals surface area (Å²) >= 11 is 0. The zero-order valence-electron chi connectivity index (χ0n) is 15.6. The fourth-order valence-electron chi connectivity index (χ4n) is 6.76. The molecule has 0 unspecified atom stereocenters. The molecule has 4 aliphatic carbocycles. The molecule has 0 aliphatic heterocycles. The predicted octanol–water partition coefficient (Wildman–Crippen LogP) is 3.42. The highest BCUT2D eigenvalue weighted by Crippen LogP contribution is 2.64. The molecule has 138 valence electrons. The van der Waals surface area contributed by atoms with Gasteiger partial charge in [-0.1, -0.05) is 20.3 Å². The van der Waals surface area contributed by atoms with Gasteiger partial charge in [0, 0.05) is 12.8 Å². The van der Waals surface area contributed by atoms with Crippen LogP contribution in [0.3, 0.4) is 0 Å².